The van der Waals surface area contributed by atoms with Gasteiger partial charge in [0.25, 0.3) is 0 Å². The highest BCUT2D eigenvalue weighted by Gasteiger charge is 2.07. The highest BCUT2D eigenvalue weighted by atomic mass is 35.5. The highest BCUT2D eigenvalue weighted by molar-refractivity contribution is 6.30. The van der Waals surface area contributed by atoms with Crippen LogP contribution in [0.25, 0.3) is 0 Å². The number of pyridine rings is 1. The van der Waals surface area contributed by atoms with Crippen molar-refractivity contribution in [1.82, 2.24) is 10.3 Å². The lowest BCUT2D eigenvalue weighted by atomic mass is 10.1. The van der Waals surface area contributed by atoms with E-state index in [9.17, 15) is 4.39 Å². The Morgan fingerprint density at radius 3 is 2.68 bits per heavy atom. The quantitative estimate of drug-likeness (QED) is 0.901. The SMILES string of the molecule is CC(NCCc1ccncc1)c1ccc(Cl)c(F)c1. The van der Waals surface area contributed by atoms with E-state index in [-0.39, 0.29) is 16.9 Å². The zero-order chi connectivity index (χ0) is 13.7. The van der Waals surface area contributed by atoms with Gasteiger partial charge in [0.2, 0.25) is 0 Å². The van der Waals surface area contributed by atoms with Crippen LogP contribution < -0.4 is 5.32 Å². The summed E-state index contributed by atoms with van der Waals surface area (Å²) in [5.74, 6) is -0.373. The fourth-order valence-corrected chi connectivity index (χ4v) is 2.00. The van der Waals surface area contributed by atoms with Crippen LogP contribution >= 0.6 is 11.6 Å². The van der Waals surface area contributed by atoms with Crippen molar-refractivity contribution in [3.8, 4) is 0 Å². The summed E-state index contributed by atoms with van der Waals surface area (Å²) in [6.45, 7) is 2.84. The number of aromatic nitrogens is 1. The molecule has 1 N–H and O–H groups in total. The molecule has 0 radical (unpaired) electrons. The largest absolute Gasteiger partial charge is 0.310 e. The number of hydrogen-bond donors (Lipinski definition) is 1. The van der Waals surface area contributed by atoms with Gasteiger partial charge in [-0.2, -0.15) is 0 Å². The lowest BCUT2D eigenvalue weighted by Gasteiger charge is -2.14. The van der Waals surface area contributed by atoms with Crippen LogP contribution in [0.3, 0.4) is 0 Å². The Morgan fingerprint density at radius 2 is 2.00 bits per heavy atom. The number of halogens is 2. The van der Waals surface area contributed by atoms with E-state index in [1.807, 2.05) is 25.1 Å². The van der Waals surface area contributed by atoms with E-state index in [0.29, 0.717) is 0 Å². The molecule has 0 saturated heterocycles. The van der Waals surface area contributed by atoms with Gasteiger partial charge in [0, 0.05) is 18.4 Å². The maximum atomic E-state index is 13.4. The normalized spacial score (nSPS) is 12.4. The van der Waals surface area contributed by atoms with Gasteiger partial charge >= 0.3 is 0 Å². The van der Waals surface area contributed by atoms with Gasteiger partial charge in [0.1, 0.15) is 5.82 Å². The molecule has 19 heavy (non-hydrogen) atoms. The van der Waals surface area contributed by atoms with Crippen LogP contribution in [0.4, 0.5) is 4.39 Å². The fourth-order valence-electron chi connectivity index (χ4n) is 1.88. The summed E-state index contributed by atoms with van der Waals surface area (Å²) in [6, 6.07) is 8.99. The fraction of sp³-hybridized carbons (Fsp3) is 0.267. The Kier molecular flexibility index (Phi) is 4.88. The zero-order valence-electron chi connectivity index (χ0n) is 10.7. The molecule has 0 bridgehead atoms. The van der Waals surface area contributed by atoms with E-state index < -0.39 is 0 Å². The van der Waals surface area contributed by atoms with Gasteiger partial charge in [-0.15, -0.1) is 0 Å². The molecule has 0 aliphatic heterocycles. The second kappa shape index (κ2) is 6.64. The molecule has 1 aromatic carbocycles. The number of hydrogen-bond acceptors (Lipinski definition) is 2. The summed E-state index contributed by atoms with van der Waals surface area (Å²) < 4.78 is 13.4. The van der Waals surface area contributed by atoms with Gasteiger partial charge in [-0.3, -0.25) is 4.98 Å². The van der Waals surface area contributed by atoms with E-state index in [4.69, 9.17) is 11.6 Å². The molecule has 100 valence electrons. The molecule has 1 heterocycles. The standard InChI is InChI=1S/C15H16ClFN2/c1-11(13-2-3-14(16)15(17)10-13)19-9-6-12-4-7-18-8-5-12/h2-5,7-8,10-11,19H,6,9H2,1H3. The first-order valence-electron chi connectivity index (χ1n) is 6.24. The van der Waals surface area contributed by atoms with Gasteiger partial charge < -0.3 is 5.32 Å². The molecule has 0 spiro atoms. The minimum Gasteiger partial charge on any atom is -0.310 e. The average molecular weight is 279 g/mol. The zero-order valence-corrected chi connectivity index (χ0v) is 11.5. The van der Waals surface area contributed by atoms with Crippen molar-refractivity contribution >= 4 is 11.6 Å². The lowest BCUT2D eigenvalue weighted by molar-refractivity contribution is 0.567. The molecule has 1 unspecified atom stereocenters. The van der Waals surface area contributed by atoms with Gasteiger partial charge in [0.15, 0.2) is 0 Å². The molecular weight excluding hydrogens is 263 g/mol. The Labute approximate surface area is 117 Å². The van der Waals surface area contributed by atoms with Crippen molar-refractivity contribution in [2.75, 3.05) is 6.54 Å². The number of nitrogens with zero attached hydrogens (tertiary/aromatic N) is 1. The second-order valence-corrected chi connectivity index (χ2v) is 4.86. The molecule has 0 aliphatic carbocycles. The Morgan fingerprint density at radius 1 is 1.26 bits per heavy atom. The third kappa shape index (κ3) is 4.01. The molecule has 0 saturated carbocycles. The van der Waals surface area contributed by atoms with E-state index in [0.717, 1.165) is 18.5 Å². The Balaban J connectivity index is 1.87. The van der Waals surface area contributed by atoms with Crippen molar-refractivity contribution in [3.05, 3.63) is 64.7 Å². The Bertz CT molecular complexity index is 531. The first-order valence-corrected chi connectivity index (χ1v) is 6.62. The molecular formula is C15H16ClFN2. The van der Waals surface area contributed by atoms with Crippen LogP contribution in [0.1, 0.15) is 24.1 Å². The summed E-state index contributed by atoms with van der Waals surface area (Å²) in [5.41, 5.74) is 2.13. The smallest absolute Gasteiger partial charge is 0.142 e. The van der Waals surface area contributed by atoms with E-state index in [2.05, 4.69) is 10.3 Å². The molecule has 1 atom stereocenters. The maximum absolute atomic E-state index is 13.4. The molecule has 2 aromatic rings. The number of benzene rings is 1. The van der Waals surface area contributed by atoms with E-state index >= 15 is 0 Å². The minimum absolute atomic E-state index is 0.0913. The topological polar surface area (TPSA) is 24.9 Å². The molecule has 2 nitrogen and oxygen atoms in total. The van der Waals surface area contributed by atoms with Crippen LogP contribution in [-0.4, -0.2) is 11.5 Å². The average Bonchev–Trinajstić information content (AvgIpc) is 2.43. The molecule has 4 heteroatoms. The molecule has 0 aliphatic rings. The van der Waals surface area contributed by atoms with Crippen LogP contribution in [0.5, 0.6) is 0 Å². The van der Waals surface area contributed by atoms with E-state index in [1.54, 1.807) is 18.5 Å². The molecule has 0 amide bonds. The van der Waals surface area contributed by atoms with Crippen LogP contribution in [0.2, 0.25) is 5.02 Å². The van der Waals surface area contributed by atoms with Crippen molar-refractivity contribution in [2.45, 2.75) is 19.4 Å². The predicted molar refractivity (Wildman–Crippen MR) is 75.8 cm³/mol. The predicted octanol–water partition coefficient (Wildman–Crippen LogP) is 3.77. The molecule has 2 rings (SSSR count). The van der Waals surface area contributed by atoms with Gasteiger partial charge in [-0.1, -0.05) is 17.7 Å². The maximum Gasteiger partial charge on any atom is 0.142 e. The summed E-state index contributed by atoms with van der Waals surface area (Å²) in [5, 5.41) is 3.52. The second-order valence-electron chi connectivity index (χ2n) is 4.45. The lowest BCUT2D eigenvalue weighted by Crippen LogP contribution is -2.21. The third-order valence-corrected chi connectivity index (χ3v) is 3.36. The first-order chi connectivity index (χ1) is 9.16. The van der Waals surface area contributed by atoms with Crippen LogP contribution in [0.15, 0.2) is 42.7 Å². The highest BCUT2D eigenvalue weighted by Crippen LogP contribution is 2.19. The Hall–Kier alpha value is -1.45. The van der Waals surface area contributed by atoms with Gasteiger partial charge in [-0.25, -0.2) is 4.39 Å². The third-order valence-electron chi connectivity index (χ3n) is 3.06. The van der Waals surface area contributed by atoms with Crippen molar-refractivity contribution < 1.29 is 4.39 Å². The van der Waals surface area contributed by atoms with Crippen molar-refractivity contribution in [1.29, 1.82) is 0 Å². The van der Waals surface area contributed by atoms with Crippen molar-refractivity contribution in [2.24, 2.45) is 0 Å². The minimum atomic E-state index is -0.373. The monoisotopic (exact) mass is 278 g/mol. The summed E-state index contributed by atoms with van der Waals surface area (Å²) in [7, 11) is 0. The first kappa shape index (κ1) is 14.0. The molecule has 0 fully saturated rings. The number of nitrogens with one attached hydrogen (secondary N) is 1. The van der Waals surface area contributed by atoms with Gasteiger partial charge in [0.05, 0.1) is 5.02 Å². The summed E-state index contributed by atoms with van der Waals surface area (Å²) >= 11 is 5.67. The molecule has 1 aromatic heterocycles. The number of rotatable bonds is 5. The van der Waals surface area contributed by atoms with Crippen LogP contribution in [0, 0.1) is 5.82 Å². The summed E-state index contributed by atoms with van der Waals surface area (Å²) in [4.78, 5) is 3.98. The summed E-state index contributed by atoms with van der Waals surface area (Å²) in [6.07, 6.45) is 4.49. The van der Waals surface area contributed by atoms with Gasteiger partial charge in [-0.05, 0) is 55.3 Å². The van der Waals surface area contributed by atoms with E-state index in [1.165, 1.54) is 11.6 Å². The van der Waals surface area contributed by atoms with Crippen molar-refractivity contribution in [3.63, 3.8) is 0 Å². The van der Waals surface area contributed by atoms with Crippen LogP contribution in [-0.2, 0) is 6.42 Å².